The molecule has 0 aromatic heterocycles. The molecule has 0 spiro atoms. The first-order chi connectivity index (χ1) is 11.5. The van der Waals surface area contributed by atoms with Crippen LogP contribution >= 0.6 is 0 Å². The molecule has 2 atom stereocenters. The van der Waals surface area contributed by atoms with E-state index in [1.807, 2.05) is 24.3 Å². The number of nitrogens with zero attached hydrogens (tertiary/aromatic N) is 2. The fourth-order valence-corrected chi connectivity index (χ4v) is 4.35. The van der Waals surface area contributed by atoms with E-state index in [1.165, 1.54) is 11.4 Å². The highest BCUT2D eigenvalue weighted by Crippen LogP contribution is 2.28. The first-order valence-corrected chi connectivity index (χ1v) is 10.1. The number of hydrogen-bond donors (Lipinski definition) is 2. The monoisotopic (exact) mass is 346 g/mol. The Morgan fingerprint density at radius 2 is 2.04 bits per heavy atom. The van der Waals surface area contributed by atoms with Gasteiger partial charge in [0.15, 0.2) is 0 Å². The number of allylic oxidation sites excluding steroid dienone is 2. The smallest absolute Gasteiger partial charge is 0.229 e. The molecule has 4 rings (SSSR count). The fraction of sp³-hybridized carbons (Fsp3) is 0.412. The summed E-state index contributed by atoms with van der Waals surface area (Å²) in [5, 5.41) is 3.49. The molecule has 0 aliphatic carbocycles. The van der Waals surface area contributed by atoms with Gasteiger partial charge in [0.2, 0.25) is 10.0 Å². The third-order valence-electron chi connectivity index (χ3n) is 4.71. The lowest BCUT2D eigenvalue weighted by atomic mass is 10.0. The van der Waals surface area contributed by atoms with Gasteiger partial charge < -0.3 is 10.2 Å². The van der Waals surface area contributed by atoms with Crippen molar-refractivity contribution < 1.29 is 8.42 Å². The molecule has 1 aromatic carbocycles. The molecule has 3 aliphatic heterocycles. The number of hydrogen-bond acceptors (Lipinski definition) is 5. The maximum Gasteiger partial charge on any atom is 0.229 e. The second kappa shape index (κ2) is 5.82. The Labute approximate surface area is 142 Å². The van der Waals surface area contributed by atoms with Crippen LogP contribution in [0.3, 0.4) is 0 Å². The van der Waals surface area contributed by atoms with E-state index in [0.29, 0.717) is 17.8 Å². The zero-order valence-electron chi connectivity index (χ0n) is 13.6. The van der Waals surface area contributed by atoms with Gasteiger partial charge in [0, 0.05) is 31.9 Å². The number of benzene rings is 1. The largest absolute Gasteiger partial charge is 0.370 e. The summed E-state index contributed by atoms with van der Waals surface area (Å²) in [5.41, 5.74) is 1.81. The highest BCUT2D eigenvalue weighted by Gasteiger charge is 2.39. The second-order valence-electron chi connectivity index (χ2n) is 6.71. The van der Waals surface area contributed by atoms with Crippen LogP contribution in [0.4, 0.5) is 5.69 Å². The highest BCUT2D eigenvalue weighted by molar-refractivity contribution is 7.92. The number of anilines is 1. The summed E-state index contributed by atoms with van der Waals surface area (Å²) >= 11 is 0. The second-order valence-corrected chi connectivity index (χ2v) is 8.46. The summed E-state index contributed by atoms with van der Waals surface area (Å²) in [6, 6.07) is 8.59. The van der Waals surface area contributed by atoms with Gasteiger partial charge >= 0.3 is 0 Å². The van der Waals surface area contributed by atoms with E-state index >= 15 is 0 Å². The van der Waals surface area contributed by atoms with E-state index in [0.717, 1.165) is 32.4 Å². The Bertz CT molecular complexity index is 785. The molecule has 0 bridgehead atoms. The predicted octanol–water partition coefficient (Wildman–Crippen LogP) is 0.927. The van der Waals surface area contributed by atoms with Crippen LogP contribution in [-0.2, 0) is 16.6 Å². The van der Waals surface area contributed by atoms with Crippen LogP contribution in [0.25, 0.3) is 0 Å². The molecule has 3 heterocycles. The van der Waals surface area contributed by atoms with E-state index in [9.17, 15) is 8.42 Å². The van der Waals surface area contributed by atoms with Crippen LogP contribution in [-0.4, -0.2) is 56.2 Å². The SMILES string of the molecule is CS(=O)(=O)Nc1ccc(CN2CC3C=CC=C4NCC(C2)N43)cc1. The van der Waals surface area contributed by atoms with Crippen molar-refractivity contribution in [2.24, 2.45) is 0 Å². The topological polar surface area (TPSA) is 64.7 Å². The Hall–Kier alpha value is -1.99. The molecule has 2 unspecified atom stereocenters. The molecule has 128 valence electrons. The maximum absolute atomic E-state index is 11.3. The quantitative estimate of drug-likeness (QED) is 0.849. The van der Waals surface area contributed by atoms with Crippen LogP contribution in [0.2, 0.25) is 0 Å². The van der Waals surface area contributed by atoms with Crippen molar-refractivity contribution in [1.82, 2.24) is 15.1 Å². The average Bonchev–Trinajstić information content (AvgIpc) is 2.93. The normalized spacial score (nSPS) is 25.9. The van der Waals surface area contributed by atoms with Crippen molar-refractivity contribution in [3.05, 3.63) is 53.9 Å². The Morgan fingerprint density at radius 1 is 1.25 bits per heavy atom. The minimum absolute atomic E-state index is 0.435. The Kier molecular flexibility index (Phi) is 3.77. The van der Waals surface area contributed by atoms with Gasteiger partial charge in [0.05, 0.1) is 18.3 Å². The standard InChI is InChI=1S/C17H22N4O2S/c1-24(22,23)19-14-7-5-13(6-8-14)10-20-11-15-3-2-4-17-18-9-16(12-20)21(15)17/h2-8,15-16,18-19H,9-12H2,1H3. The minimum atomic E-state index is -3.22. The molecule has 24 heavy (non-hydrogen) atoms. The van der Waals surface area contributed by atoms with Gasteiger partial charge in [-0.3, -0.25) is 9.62 Å². The van der Waals surface area contributed by atoms with Gasteiger partial charge in [-0.15, -0.1) is 0 Å². The van der Waals surface area contributed by atoms with Gasteiger partial charge in [0.1, 0.15) is 5.82 Å². The third kappa shape index (κ3) is 3.14. The zero-order chi connectivity index (χ0) is 16.7. The highest BCUT2D eigenvalue weighted by atomic mass is 32.2. The number of piperazine rings is 1. The van der Waals surface area contributed by atoms with Crippen molar-refractivity contribution in [3.63, 3.8) is 0 Å². The zero-order valence-corrected chi connectivity index (χ0v) is 14.5. The summed E-state index contributed by atoms with van der Waals surface area (Å²) in [4.78, 5) is 4.97. The van der Waals surface area contributed by atoms with Gasteiger partial charge in [-0.25, -0.2) is 8.42 Å². The van der Waals surface area contributed by atoms with E-state index < -0.39 is 10.0 Å². The molecule has 0 amide bonds. The molecule has 0 saturated carbocycles. The van der Waals surface area contributed by atoms with Crippen LogP contribution in [0, 0.1) is 0 Å². The average molecular weight is 346 g/mol. The first kappa shape index (κ1) is 15.5. The predicted molar refractivity (Wildman–Crippen MR) is 94.8 cm³/mol. The minimum Gasteiger partial charge on any atom is -0.370 e. The molecular formula is C17H22N4O2S. The molecule has 2 saturated heterocycles. The van der Waals surface area contributed by atoms with Crippen molar-refractivity contribution in [1.29, 1.82) is 0 Å². The van der Waals surface area contributed by atoms with Crippen LogP contribution in [0.15, 0.2) is 48.3 Å². The first-order valence-electron chi connectivity index (χ1n) is 8.18. The van der Waals surface area contributed by atoms with E-state index in [4.69, 9.17) is 0 Å². The summed E-state index contributed by atoms with van der Waals surface area (Å²) in [6.07, 6.45) is 7.73. The summed E-state index contributed by atoms with van der Waals surface area (Å²) in [7, 11) is -3.22. The third-order valence-corrected chi connectivity index (χ3v) is 5.32. The fourth-order valence-electron chi connectivity index (χ4n) is 3.79. The number of sulfonamides is 1. The van der Waals surface area contributed by atoms with Crippen molar-refractivity contribution in [2.45, 2.75) is 18.6 Å². The molecule has 6 nitrogen and oxygen atoms in total. The van der Waals surface area contributed by atoms with Crippen molar-refractivity contribution >= 4 is 15.7 Å². The van der Waals surface area contributed by atoms with E-state index in [1.54, 1.807) is 0 Å². The van der Waals surface area contributed by atoms with Gasteiger partial charge in [0.25, 0.3) is 0 Å². The Morgan fingerprint density at radius 3 is 2.79 bits per heavy atom. The van der Waals surface area contributed by atoms with Crippen LogP contribution in [0.1, 0.15) is 5.56 Å². The summed E-state index contributed by atoms with van der Waals surface area (Å²) in [5.74, 6) is 1.25. The van der Waals surface area contributed by atoms with Crippen molar-refractivity contribution in [3.8, 4) is 0 Å². The molecule has 0 radical (unpaired) electrons. The lowest BCUT2D eigenvalue weighted by Gasteiger charge is -2.44. The summed E-state index contributed by atoms with van der Waals surface area (Å²) < 4.78 is 25.0. The van der Waals surface area contributed by atoms with Gasteiger partial charge in [-0.05, 0) is 23.8 Å². The van der Waals surface area contributed by atoms with Gasteiger partial charge in [-0.1, -0.05) is 24.3 Å². The van der Waals surface area contributed by atoms with Crippen LogP contribution < -0.4 is 10.0 Å². The lowest BCUT2D eigenvalue weighted by molar-refractivity contribution is 0.0869. The van der Waals surface area contributed by atoms with E-state index in [-0.39, 0.29) is 0 Å². The maximum atomic E-state index is 11.3. The molecule has 2 fully saturated rings. The molecule has 2 N–H and O–H groups in total. The van der Waals surface area contributed by atoms with E-state index in [2.05, 4.69) is 38.1 Å². The lowest BCUT2D eigenvalue weighted by Crippen LogP contribution is -2.55. The number of rotatable bonds is 4. The number of nitrogens with one attached hydrogen (secondary N) is 2. The van der Waals surface area contributed by atoms with Gasteiger partial charge in [-0.2, -0.15) is 0 Å². The molecule has 1 aromatic rings. The summed E-state index contributed by atoms with van der Waals surface area (Å²) in [6.45, 7) is 3.93. The van der Waals surface area contributed by atoms with Crippen molar-refractivity contribution in [2.75, 3.05) is 30.6 Å². The molecule has 7 heteroatoms. The van der Waals surface area contributed by atoms with Crippen LogP contribution in [0.5, 0.6) is 0 Å². The Balaban J connectivity index is 1.43. The molecule has 3 aliphatic rings. The molecular weight excluding hydrogens is 324 g/mol.